The third kappa shape index (κ3) is 2.18. The molecule has 1 rings (SSSR count). The maximum absolute atomic E-state index is 10.4. The van der Waals surface area contributed by atoms with Crippen LogP contribution in [0.1, 0.15) is 19.5 Å². The molecule has 0 aliphatic heterocycles. The Morgan fingerprint density at radius 1 is 1.77 bits per heavy atom. The smallest absolute Gasteiger partial charge is 0.245 e. The highest BCUT2D eigenvalue weighted by Gasteiger charge is 2.03. The minimum absolute atomic E-state index is 0.161. The van der Waals surface area contributed by atoms with Crippen molar-refractivity contribution in [2.24, 2.45) is 0 Å². The average Bonchev–Trinajstić information content (AvgIpc) is 2.51. The van der Waals surface area contributed by atoms with Gasteiger partial charge in [0.15, 0.2) is 0 Å². The first kappa shape index (κ1) is 9.51. The lowest BCUT2D eigenvalue weighted by molar-refractivity contribution is -0.422. The van der Waals surface area contributed by atoms with Gasteiger partial charge in [0.05, 0.1) is 4.92 Å². The summed E-state index contributed by atoms with van der Waals surface area (Å²) in [5, 5.41) is 10.4. The van der Waals surface area contributed by atoms with Gasteiger partial charge < -0.3 is 4.57 Å². The summed E-state index contributed by atoms with van der Waals surface area (Å²) in [5.74, 6) is 0. The second-order valence-electron chi connectivity index (χ2n) is 2.76. The fourth-order valence-corrected chi connectivity index (χ4v) is 1.11. The Bertz CT molecular complexity index is 339. The summed E-state index contributed by atoms with van der Waals surface area (Å²) < 4.78 is 1.95. The average molecular weight is 180 g/mol. The van der Waals surface area contributed by atoms with E-state index < -0.39 is 0 Å². The van der Waals surface area contributed by atoms with E-state index in [-0.39, 0.29) is 10.6 Å². The van der Waals surface area contributed by atoms with Gasteiger partial charge in [0.2, 0.25) is 5.70 Å². The zero-order valence-corrected chi connectivity index (χ0v) is 7.73. The summed E-state index contributed by atoms with van der Waals surface area (Å²) in [5.41, 5.74) is 1.03. The van der Waals surface area contributed by atoms with Gasteiger partial charge in [0, 0.05) is 31.4 Å². The maximum atomic E-state index is 10.4. The fourth-order valence-electron chi connectivity index (χ4n) is 1.11. The lowest BCUT2D eigenvalue weighted by atomic mass is 10.3. The van der Waals surface area contributed by atoms with E-state index in [0.717, 1.165) is 12.2 Å². The highest BCUT2D eigenvalue weighted by molar-refractivity contribution is 5.47. The van der Waals surface area contributed by atoms with Gasteiger partial charge in [-0.3, -0.25) is 10.1 Å². The molecule has 0 atom stereocenters. The molecular weight excluding hydrogens is 168 g/mol. The molecule has 1 aromatic rings. The fraction of sp³-hybridized carbons (Fsp3) is 0.333. The molecule has 0 bridgehead atoms. The van der Waals surface area contributed by atoms with Crippen molar-refractivity contribution in [1.82, 2.24) is 4.57 Å². The molecule has 0 saturated carbocycles. The van der Waals surface area contributed by atoms with Crippen LogP contribution in [0.15, 0.2) is 24.0 Å². The van der Waals surface area contributed by atoms with E-state index in [4.69, 9.17) is 0 Å². The zero-order chi connectivity index (χ0) is 9.84. The largest absolute Gasteiger partial charge is 0.348 e. The lowest BCUT2D eigenvalue weighted by Gasteiger charge is -2.00. The van der Waals surface area contributed by atoms with Gasteiger partial charge in [0.25, 0.3) is 0 Å². The summed E-state index contributed by atoms with van der Waals surface area (Å²) in [7, 11) is 0. The summed E-state index contributed by atoms with van der Waals surface area (Å²) in [6, 6.07) is 3.74. The summed E-state index contributed by atoms with van der Waals surface area (Å²) in [6.07, 6.45) is 3.47. The van der Waals surface area contributed by atoms with Gasteiger partial charge in [-0.2, -0.15) is 0 Å². The van der Waals surface area contributed by atoms with Crippen molar-refractivity contribution >= 4 is 6.08 Å². The quantitative estimate of drug-likeness (QED) is 0.528. The number of rotatable bonds is 3. The van der Waals surface area contributed by atoms with Crippen LogP contribution in [0.2, 0.25) is 0 Å². The standard InChI is InChI=1S/C9H12N2O2/c1-3-10-6-4-5-9(10)7-8(2)11(12)13/h4-7H,3H2,1-2H3. The molecule has 0 radical (unpaired) electrons. The Labute approximate surface area is 76.6 Å². The van der Waals surface area contributed by atoms with Crippen LogP contribution in [0, 0.1) is 10.1 Å². The number of allylic oxidation sites excluding steroid dienone is 1. The van der Waals surface area contributed by atoms with Gasteiger partial charge in [-0.1, -0.05) is 0 Å². The van der Waals surface area contributed by atoms with Crippen LogP contribution in [0.5, 0.6) is 0 Å². The summed E-state index contributed by atoms with van der Waals surface area (Å²) in [6.45, 7) is 4.32. The first-order chi connectivity index (χ1) is 6.15. The molecule has 1 aromatic heterocycles. The van der Waals surface area contributed by atoms with Crippen molar-refractivity contribution in [3.63, 3.8) is 0 Å². The van der Waals surface area contributed by atoms with Crippen molar-refractivity contribution in [1.29, 1.82) is 0 Å². The second-order valence-corrected chi connectivity index (χ2v) is 2.76. The van der Waals surface area contributed by atoms with Crippen molar-refractivity contribution in [2.75, 3.05) is 0 Å². The minimum Gasteiger partial charge on any atom is -0.348 e. The molecular formula is C9H12N2O2. The molecule has 0 aliphatic carbocycles. The van der Waals surface area contributed by atoms with Crippen LogP contribution in [0.25, 0.3) is 6.08 Å². The minimum atomic E-state index is -0.382. The molecule has 0 amide bonds. The van der Waals surface area contributed by atoms with Crippen molar-refractivity contribution < 1.29 is 4.92 Å². The summed E-state index contributed by atoms with van der Waals surface area (Å²) in [4.78, 5) is 9.97. The highest BCUT2D eigenvalue weighted by atomic mass is 16.6. The van der Waals surface area contributed by atoms with E-state index in [2.05, 4.69) is 0 Å². The van der Waals surface area contributed by atoms with E-state index in [0.29, 0.717) is 0 Å². The van der Waals surface area contributed by atoms with Crippen molar-refractivity contribution in [3.05, 3.63) is 39.8 Å². The molecule has 4 heteroatoms. The Morgan fingerprint density at radius 2 is 2.46 bits per heavy atom. The third-order valence-corrected chi connectivity index (χ3v) is 1.85. The molecule has 13 heavy (non-hydrogen) atoms. The molecule has 4 nitrogen and oxygen atoms in total. The lowest BCUT2D eigenvalue weighted by Crippen LogP contribution is -1.97. The van der Waals surface area contributed by atoms with Crippen LogP contribution in [0.4, 0.5) is 0 Å². The number of nitro groups is 1. The van der Waals surface area contributed by atoms with Crippen molar-refractivity contribution in [2.45, 2.75) is 20.4 Å². The normalized spacial score (nSPS) is 11.7. The van der Waals surface area contributed by atoms with Gasteiger partial charge in [-0.05, 0) is 19.1 Å². The first-order valence-corrected chi connectivity index (χ1v) is 4.13. The van der Waals surface area contributed by atoms with Gasteiger partial charge in [-0.25, -0.2) is 0 Å². The van der Waals surface area contributed by atoms with Crippen LogP contribution in [0.3, 0.4) is 0 Å². The predicted molar refractivity (Wildman–Crippen MR) is 50.8 cm³/mol. The molecule has 0 saturated heterocycles. The predicted octanol–water partition coefficient (Wildman–Crippen LogP) is 2.15. The molecule has 0 aromatic carbocycles. The summed E-state index contributed by atoms with van der Waals surface area (Å²) >= 11 is 0. The SMILES string of the molecule is CCn1cccc1C=C(C)[N+](=O)[O-]. The van der Waals surface area contributed by atoms with E-state index in [9.17, 15) is 10.1 Å². The molecule has 0 spiro atoms. The molecule has 0 fully saturated rings. The van der Waals surface area contributed by atoms with Gasteiger partial charge >= 0.3 is 0 Å². The Hall–Kier alpha value is -1.58. The Balaban J connectivity index is 2.96. The maximum Gasteiger partial charge on any atom is 0.245 e. The monoisotopic (exact) mass is 180 g/mol. The molecule has 0 N–H and O–H groups in total. The molecule has 0 unspecified atom stereocenters. The molecule has 1 heterocycles. The third-order valence-electron chi connectivity index (χ3n) is 1.85. The highest BCUT2D eigenvalue weighted by Crippen LogP contribution is 2.08. The number of hydrogen-bond acceptors (Lipinski definition) is 2. The molecule has 70 valence electrons. The van der Waals surface area contributed by atoms with E-state index in [1.54, 1.807) is 6.08 Å². The topological polar surface area (TPSA) is 48.1 Å². The van der Waals surface area contributed by atoms with Crippen LogP contribution in [-0.2, 0) is 6.54 Å². The molecule has 0 aliphatic rings. The van der Waals surface area contributed by atoms with E-state index in [1.165, 1.54) is 6.92 Å². The number of aromatic nitrogens is 1. The number of nitrogens with zero attached hydrogens (tertiary/aromatic N) is 2. The Morgan fingerprint density at radius 3 is 3.00 bits per heavy atom. The zero-order valence-electron chi connectivity index (χ0n) is 7.73. The second kappa shape index (κ2) is 3.89. The van der Waals surface area contributed by atoms with E-state index in [1.807, 2.05) is 29.8 Å². The number of hydrogen-bond donors (Lipinski definition) is 0. The first-order valence-electron chi connectivity index (χ1n) is 4.13. The van der Waals surface area contributed by atoms with Crippen LogP contribution < -0.4 is 0 Å². The van der Waals surface area contributed by atoms with Crippen LogP contribution in [-0.4, -0.2) is 9.49 Å². The number of aryl methyl sites for hydroxylation is 1. The van der Waals surface area contributed by atoms with Crippen LogP contribution >= 0.6 is 0 Å². The van der Waals surface area contributed by atoms with Gasteiger partial charge in [0.1, 0.15) is 0 Å². The van der Waals surface area contributed by atoms with Gasteiger partial charge in [-0.15, -0.1) is 0 Å². The Kier molecular flexibility index (Phi) is 2.84. The van der Waals surface area contributed by atoms with Crippen molar-refractivity contribution in [3.8, 4) is 0 Å². The van der Waals surface area contributed by atoms with E-state index >= 15 is 0 Å².